The van der Waals surface area contributed by atoms with Gasteiger partial charge in [0.05, 0.1) is 19.1 Å². The van der Waals surface area contributed by atoms with E-state index in [1.54, 1.807) is 6.07 Å². The molecular formula is C30H32FNO3. The van der Waals surface area contributed by atoms with Crippen LogP contribution in [-0.4, -0.2) is 36.1 Å². The van der Waals surface area contributed by atoms with E-state index in [-0.39, 0.29) is 18.1 Å². The number of rotatable bonds is 7. The Bertz CT molecular complexity index is 1180. The molecule has 35 heavy (non-hydrogen) atoms. The topological polar surface area (TPSA) is 49.8 Å². The van der Waals surface area contributed by atoms with Gasteiger partial charge in [0.25, 0.3) is 0 Å². The van der Waals surface area contributed by atoms with Crippen molar-refractivity contribution in [3.05, 3.63) is 107 Å². The third-order valence-corrected chi connectivity index (χ3v) is 6.82. The number of nitrogens with zero attached hydrogens (tertiary/aromatic N) is 1. The van der Waals surface area contributed by atoms with Gasteiger partial charge in [0, 0.05) is 13.1 Å². The summed E-state index contributed by atoms with van der Waals surface area (Å²) < 4.78 is 19.1. The van der Waals surface area contributed by atoms with Crippen LogP contribution in [0, 0.1) is 12.7 Å². The van der Waals surface area contributed by atoms with Gasteiger partial charge in [0.2, 0.25) is 5.91 Å². The summed E-state index contributed by atoms with van der Waals surface area (Å²) in [5, 5.41) is 11.2. The lowest BCUT2D eigenvalue weighted by atomic mass is 9.84. The summed E-state index contributed by atoms with van der Waals surface area (Å²) in [6.07, 6.45) is 3.78. The lowest BCUT2D eigenvalue weighted by Crippen LogP contribution is -2.45. The maximum Gasteiger partial charge on any atom is 0.227 e. The van der Waals surface area contributed by atoms with E-state index in [9.17, 15) is 14.3 Å². The summed E-state index contributed by atoms with van der Waals surface area (Å²) in [5.41, 5.74) is 3.86. The number of ether oxygens (including phenoxy) is 1. The Labute approximate surface area is 206 Å². The predicted octanol–water partition coefficient (Wildman–Crippen LogP) is 5.67. The molecule has 0 bridgehead atoms. The highest BCUT2D eigenvalue weighted by Crippen LogP contribution is 2.33. The second kappa shape index (κ2) is 10.9. The van der Waals surface area contributed by atoms with Crippen molar-refractivity contribution in [3.8, 4) is 5.75 Å². The molecule has 4 rings (SSSR count). The molecule has 1 fully saturated rings. The van der Waals surface area contributed by atoms with Crippen LogP contribution in [0.4, 0.5) is 4.39 Å². The molecular weight excluding hydrogens is 441 g/mol. The van der Waals surface area contributed by atoms with E-state index in [2.05, 4.69) is 0 Å². The van der Waals surface area contributed by atoms with Gasteiger partial charge in [0.1, 0.15) is 0 Å². The van der Waals surface area contributed by atoms with E-state index in [1.807, 2.05) is 78.6 Å². The van der Waals surface area contributed by atoms with Gasteiger partial charge < -0.3 is 14.7 Å². The molecule has 3 aromatic rings. The molecule has 1 N–H and O–H groups in total. The minimum Gasteiger partial charge on any atom is -0.494 e. The van der Waals surface area contributed by atoms with Crippen molar-refractivity contribution in [1.82, 2.24) is 4.90 Å². The molecule has 4 nitrogen and oxygen atoms in total. The summed E-state index contributed by atoms with van der Waals surface area (Å²) in [7, 11) is 1.44. The summed E-state index contributed by atoms with van der Waals surface area (Å²) in [6, 6.07) is 22.7. The number of hydrogen-bond donors (Lipinski definition) is 1. The van der Waals surface area contributed by atoms with Crippen molar-refractivity contribution in [1.29, 1.82) is 0 Å². The molecule has 1 aliphatic rings. The zero-order valence-corrected chi connectivity index (χ0v) is 20.3. The Hall–Kier alpha value is -3.44. The van der Waals surface area contributed by atoms with Crippen LogP contribution in [0.25, 0.3) is 5.57 Å². The van der Waals surface area contributed by atoms with Gasteiger partial charge in [-0.25, -0.2) is 4.39 Å². The minimum absolute atomic E-state index is 0.0342. The molecule has 3 aromatic carbocycles. The lowest BCUT2D eigenvalue weighted by Gasteiger charge is -2.38. The Kier molecular flexibility index (Phi) is 7.67. The van der Waals surface area contributed by atoms with Gasteiger partial charge in [-0.05, 0) is 60.6 Å². The fraction of sp³-hybridized carbons (Fsp3) is 0.300. The number of allylic oxidation sites excluding steroid dienone is 1. The van der Waals surface area contributed by atoms with Crippen LogP contribution in [0.15, 0.2) is 78.9 Å². The first-order chi connectivity index (χ1) is 16.9. The standard InChI is InChI=1S/C30H32FNO3/c1-22-8-13-26(14-9-22)30(34)16-18-32(19-17-30)29(33)21-25(24-6-4-3-5-7-24)12-10-23-11-15-28(35-2)27(31)20-23/h3-9,11-15,20,34H,10,16-19,21H2,1-2H3/b25-12-. The third kappa shape index (κ3) is 5.98. The monoisotopic (exact) mass is 473 g/mol. The Morgan fingerprint density at radius 2 is 1.74 bits per heavy atom. The van der Waals surface area contributed by atoms with E-state index < -0.39 is 11.4 Å². The van der Waals surface area contributed by atoms with Crippen LogP contribution in [-0.2, 0) is 16.8 Å². The van der Waals surface area contributed by atoms with Crippen LogP contribution in [0.2, 0.25) is 0 Å². The maximum absolute atomic E-state index is 14.1. The van der Waals surface area contributed by atoms with Gasteiger partial charge in [-0.2, -0.15) is 0 Å². The molecule has 182 valence electrons. The van der Waals surface area contributed by atoms with Crippen molar-refractivity contribution in [2.75, 3.05) is 20.2 Å². The van der Waals surface area contributed by atoms with Crippen molar-refractivity contribution in [2.24, 2.45) is 0 Å². The molecule has 0 unspecified atom stereocenters. The first kappa shape index (κ1) is 24.7. The maximum atomic E-state index is 14.1. The van der Waals surface area contributed by atoms with Crippen LogP contribution >= 0.6 is 0 Å². The number of aliphatic hydroxyl groups is 1. The molecule has 1 heterocycles. The Morgan fingerprint density at radius 1 is 1.06 bits per heavy atom. The average molecular weight is 474 g/mol. The molecule has 1 amide bonds. The zero-order valence-electron chi connectivity index (χ0n) is 20.3. The molecule has 0 atom stereocenters. The number of halogens is 1. The second-order valence-electron chi connectivity index (χ2n) is 9.22. The number of likely N-dealkylation sites (tertiary alicyclic amines) is 1. The second-order valence-corrected chi connectivity index (χ2v) is 9.22. The molecule has 1 saturated heterocycles. The molecule has 5 heteroatoms. The molecule has 0 saturated carbocycles. The average Bonchev–Trinajstić information content (AvgIpc) is 2.87. The van der Waals surface area contributed by atoms with Crippen LogP contribution in [0.1, 0.15) is 41.5 Å². The third-order valence-electron chi connectivity index (χ3n) is 6.82. The fourth-order valence-electron chi connectivity index (χ4n) is 4.58. The highest BCUT2D eigenvalue weighted by atomic mass is 19.1. The predicted molar refractivity (Wildman–Crippen MR) is 137 cm³/mol. The van der Waals surface area contributed by atoms with Crippen LogP contribution in [0.3, 0.4) is 0 Å². The fourth-order valence-corrected chi connectivity index (χ4v) is 4.58. The first-order valence-corrected chi connectivity index (χ1v) is 12.0. The SMILES string of the molecule is COc1ccc(C/C=C(/CC(=O)N2CCC(O)(c3ccc(C)cc3)CC2)c2ccccc2)cc1F. The van der Waals surface area contributed by atoms with Gasteiger partial charge in [-0.3, -0.25) is 4.79 Å². The highest BCUT2D eigenvalue weighted by molar-refractivity contribution is 5.89. The molecule has 0 radical (unpaired) electrons. The van der Waals surface area contributed by atoms with Gasteiger partial charge >= 0.3 is 0 Å². The first-order valence-electron chi connectivity index (χ1n) is 12.0. The van der Waals surface area contributed by atoms with Gasteiger partial charge in [-0.1, -0.05) is 72.3 Å². The lowest BCUT2D eigenvalue weighted by molar-refractivity contribution is -0.134. The minimum atomic E-state index is -0.902. The quantitative estimate of drug-likeness (QED) is 0.481. The molecule has 0 spiro atoms. The molecule has 0 aromatic heterocycles. The summed E-state index contributed by atoms with van der Waals surface area (Å²) >= 11 is 0. The highest BCUT2D eigenvalue weighted by Gasteiger charge is 2.35. The Balaban J connectivity index is 1.45. The number of carbonyl (C=O) groups is 1. The normalized spacial score (nSPS) is 15.7. The van der Waals surface area contributed by atoms with E-state index >= 15 is 0 Å². The van der Waals surface area contributed by atoms with Crippen molar-refractivity contribution >= 4 is 11.5 Å². The number of piperidine rings is 1. The Morgan fingerprint density at radius 3 is 2.37 bits per heavy atom. The number of amides is 1. The largest absolute Gasteiger partial charge is 0.494 e. The van der Waals surface area contributed by atoms with E-state index in [0.29, 0.717) is 32.4 Å². The number of carbonyl (C=O) groups excluding carboxylic acids is 1. The smallest absolute Gasteiger partial charge is 0.227 e. The molecule has 1 aliphatic heterocycles. The van der Waals surface area contributed by atoms with Crippen molar-refractivity contribution in [3.63, 3.8) is 0 Å². The summed E-state index contributed by atoms with van der Waals surface area (Å²) in [6.45, 7) is 3.04. The van der Waals surface area contributed by atoms with Gasteiger partial charge in [0.15, 0.2) is 11.6 Å². The number of benzene rings is 3. The van der Waals surface area contributed by atoms with Gasteiger partial charge in [-0.15, -0.1) is 0 Å². The number of aryl methyl sites for hydroxylation is 1. The van der Waals surface area contributed by atoms with E-state index in [0.717, 1.165) is 27.8 Å². The van der Waals surface area contributed by atoms with Crippen molar-refractivity contribution in [2.45, 2.75) is 38.2 Å². The number of methoxy groups -OCH3 is 1. The molecule has 0 aliphatic carbocycles. The zero-order chi connectivity index (χ0) is 24.8. The van der Waals surface area contributed by atoms with Crippen LogP contribution < -0.4 is 4.74 Å². The van der Waals surface area contributed by atoms with Crippen molar-refractivity contribution < 1.29 is 19.0 Å². The van der Waals surface area contributed by atoms with E-state index in [1.165, 1.54) is 13.2 Å². The van der Waals surface area contributed by atoms with Crippen LogP contribution in [0.5, 0.6) is 5.75 Å². The number of hydrogen-bond acceptors (Lipinski definition) is 3. The summed E-state index contributed by atoms with van der Waals surface area (Å²) in [4.78, 5) is 15.1. The van der Waals surface area contributed by atoms with E-state index in [4.69, 9.17) is 4.74 Å². The summed E-state index contributed by atoms with van der Waals surface area (Å²) in [5.74, 6) is -0.149.